The standard InChI is InChI=1S/C15H20O3.C13H11N3O.O2Si3/c1-12(2)10-11-18-15(16)9-8-13-6-4-5-7-14(13)17-3;1-9-6-7-13(17)12(8-9)16-14-10-4-2-3-5-11(10)15-16;3-1-5-2-4/h4-9,12H,10-11H2,1-3H3;2-8,17H,1H3;/b9-8+;;. The van der Waals surface area contributed by atoms with E-state index in [4.69, 9.17) is 9.47 Å². The van der Waals surface area contributed by atoms with Gasteiger partial charge in [0.25, 0.3) is 0 Å². The number of aryl methyl sites for hydroxylation is 1. The molecule has 1 N–H and O–H groups in total. The van der Waals surface area contributed by atoms with E-state index in [9.17, 15) is 9.90 Å². The SMILES string of the molecule is COc1ccccc1/C=C/C(=O)OCCC(C)C.Cc1ccc(O)c(-n2nc3ccccc3n2)c1.[Si]O[Si]O[Si]. The molecule has 206 valence electrons. The van der Waals surface area contributed by atoms with Gasteiger partial charge in [0.2, 0.25) is 21.0 Å². The maximum absolute atomic E-state index is 11.4. The Morgan fingerprint density at radius 3 is 2.23 bits per heavy atom. The minimum atomic E-state index is -0.318. The number of aromatic hydroxyl groups is 1. The third-order valence-corrected chi connectivity index (χ3v) is 5.86. The average molecular weight is 590 g/mol. The highest BCUT2D eigenvalue weighted by molar-refractivity contribution is 6.33. The van der Waals surface area contributed by atoms with Crippen LogP contribution in [0, 0.1) is 12.8 Å². The molecular weight excluding hydrogens is 559 g/mol. The Labute approximate surface area is 244 Å². The summed E-state index contributed by atoms with van der Waals surface area (Å²) < 4.78 is 18.8. The molecule has 0 unspecified atom stereocenters. The van der Waals surface area contributed by atoms with Crippen molar-refractivity contribution in [2.45, 2.75) is 27.2 Å². The van der Waals surface area contributed by atoms with Crippen LogP contribution in [0.4, 0.5) is 0 Å². The molecule has 0 aliphatic carbocycles. The van der Waals surface area contributed by atoms with Gasteiger partial charge in [0, 0.05) is 11.6 Å². The Morgan fingerprint density at radius 1 is 1.02 bits per heavy atom. The molecule has 4 rings (SSSR count). The Hall–Kier alpha value is -3.56. The molecule has 0 fully saturated rings. The number of esters is 1. The fraction of sp³-hybridized carbons (Fsp3) is 0.250. The van der Waals surface area contributed by atoms with Crippen molar-refractivity contribution in [3.8, 4) is 17.2 Å². The van der Waals surface area contributed by atoms with Gasteiger partial charge in [0.15, 0.2) is 0 Å². The molecule has 0 saturated carbocycles. The van der Waals surface area contributed by atoms with Crippen molar-refractivity contribution in [1.82, 2.24) is 15.0 Å². The first-order valence-electron chi connectivity index (χ1n) is 12.3. The van der Waals surface area contributed by atoms with Gasteiger partial charge in [-0.3, -0.25) is 0 Å². The molecule has 1 aromatic heterocycles. The molecule has 40 heavy (non-hydrogen) atoms. The number of carbonyl (C=O) groups is 1. The maximum Gasteiger partial charge on any atom is 0.409 e. The number of fused-ring (bicyclic) bond motifs is 1. The van der Waals surface area contributed by atoms with Crippen molar-refractivity contribution in [1.29, 1.82) is 0 Å². The second kappa shape index (κ2) is 17.9. The van der Waals surface area contributed by atoms with Crippen molar-refractivity contribution in [2.24, 2.45) is 5.92 Å². The lowest BCUT2D eigenvalue weighted by Crippen LogP contribution is -2.04. The molecule has 9 nitrogen and oxygen atoms in total. The number of nitrogens with zero attached hydrogens (tertiary/aromatic N) is 3. The Morgan fingerprint density at radius 2 is 1.65 bits per heavy atom. The van der Waals surface area contributed by atoms with E-state index in [0.29, 0.717) is 18.2 Å². The molecule has 0 aliphatic rings. The number of aromatic nitrogens is 3. The molecule has 0 bridgehead atoms. The highest BCUT2D eigenvalue weighted by atomic mass is 28.3. The van der Waals surface area contributed by atoms with E-state index in [1.807, 2.05) is 67.6 Å². The van der Waals surface area contributed by atoms with E-state index in [0.717, 1.165) is 34.3 Å². The summed E-state index contributed by atoms with van der Waals surface area (Å²) in [7, 11) is 7.04. The van der Waals surface area contributed by atoms with E-state index >= 15 is 0 Å². The van der Waals surface area contributed by atoms with Crippen LogP contribution in [-0.4, -0.2) is 70.8 Å². The predicted octanol–water partition coefficient (Wildman–Crippen LogP) is 4.45. The number of hydrogen-bond acceptors (Lipinski definition) is 8. The van der Waals surface area contributed by atoms with E-state index in [1.165, 1.54) is 10.9 Å². The Kier molecular flexibility index (Phi) is 14.6. The minimum Gasteiger partial charge on any atom is -0.506 e. The summed E-state index contributed by atoms with van der Waals surface area (Å²) in [5, 5.41) is 18.5. The number of carbonyl (C=O) groups excluding carboxylic acids is 1. The first-order chi connectivity index (χ1) is 19.3. The fourth-order valence-corrected chi connectivity index (χ4v) is 3.73. The van der Waals surface area contributed by atoms with Gasteiger partial charge in [-0.05, 0) is 61.2 Å². The van der Waals surface area contributed by atoms with Gasteiger partial charge in [0.05, 0.1) is 13.7 Å². The van der Waals surface area contributed by atoms with Gasteiger partial charge in [-0.2, -0.15) is 0 Å². The summed E-state index contributed by atoms with van der Waals surface area (Å²) in [5.74, 6) is 1.14. The summed E-state index contributed by atoms with van der Waals surface area (Å²) in [4.78, 5) is 12.9. The molecule has 4 aromatic rings. The Balaban J connectivity index is 0.000000240. The van der Waals surface area contributed by atoms with Crippen LogP contribution in [0.15, 0.2) is 72.8 Å². The molecule has 12 heteroatoms. The number of ether oxygens (including phenoxy) is 2. The highest BCUT2D eigenvalue weighted by Crippen LogP contribution is 2.22. The second-order valence-corrected chi connectivity index (χ2v) is 10.5. The summed E-state index contributed by atoms with van der Waals surface area (Å²) in [5.41, 5.74) is 4.14. The zero-order valence-corrected chi connectivity index (χ0v) is 25.8. The van der Waals surface area contributed by atoms with Crippen LogP contribution in [0.2, 0.25) is 0 Å². The van der Waals surface area contributed by atoms with Gasteiger partial charge in [-0.1, -0.05) is 50.2 Å². The first kappa shape index (κ1) is 32.7. The number of para-hydroxylation sites is 1. The summed E-state index contributed by atoms with van der Waals surface area (Å²) in [6.07, 6.45) is 4.02. The fourth-order valence-electron chi connectivity index (χ4n) is 3.19. The van der Waals surface area contributed by atoms with Crippen molar-refractivity contribution >= 4 is 54.1 Å². The lowest BCUT2D eigenvalue weighted by Gasteiger charge is -2.05. The van der Waals surface area contributed by atoms with E-state index in [-0.39, 0.29) is 21.7 Å². The molecular formula is C28H31N3O6Si3. The number of methoxy groups -OCH3 is 1. The van der Waals surface area contributed by atoms with Crippen molar-refractivity contribution in [2.75, 3.05) is 13.7 Å². The number of phenols is 1. The predicted molar refractivity (Wildman–Crippen MR) is 157 cm³/mol. The Bertz CT molecular complexity index is 1330. The third-order valence-electron chi connectivity index (χ3n) is 5.19. The van der Waals surface area contributed by atoms with E-state index in [1.54, 1.807) is 19.3 Å². The van der Waals surface area contributed by atoms with Gasteiger partial charge in [0.1, 0.15) is 28.2 Å². The number of hydrogen-bond donors (Lipinski definition) is 1. The van der Waals surface area contributed by atoms with Crippen LogP contribution < -0.4 is 4.74 Å². The first-order valence-corrected chi connectivity index (χ1v) is 13.9. The molecule has 0 amide bonds. The summed E-state index contributed by atoms with van der Waals surface area (Å²) >= 11 is 0. The highest BCUT2D eigenvalue weighted by Gasteiger charge is 2.08. The second-order valence-electron chi connectivity index (χ2n) is 8.68. The van der Waals surface area contributed by atoms with Gasteiger partial charge in [-0.25, -0.2) is 4.79 Å². The van der Waals surface area contributed by atoms with Crippen LogP contribution in [0.5, 0.6) is 11.5 Å². The molecule has 1 heterocycles. The quantitative estimate of drug-likeness (QED) is 0.173. The van der Waals surface area contributed by atoms with Crippen molar-refractivity contribution < 1.29 is 27.6 Å². The molecule has 8 radical (unpaired) electrons. The molecule has 0 spiro atoms. The number of benzene rings is 3. The zero-order valence-electron chi connectivity index (χ0n) is 22.8. The zero-order chi connectivity index (χ0) is 29.3. The molecule has 0 aliphatic heterocycles. The van der Waals surface area contributed by atoms with Crippen LogP contribution >= 0.6 is 0 Å². The third kappa shape index (κ3) is 11.3. The van der Waals surface area contributed by atoms with Crippen LogP contribution in [-0.2, 0) is 17.8 Å². The maximum atomic E-state index is 11.4. The van der Waals surface area contributed by atoms with Crippen LogP contribution in [0.3, 0.4) is 0 Å². The van der Waals surface area contributed by atoms with Gasteiger partial charge < -0.3 is 22.8 Å². The van der Waals surface area contributed by atoms with Crippen LogP contribution in [0.1, 0.15) is 31.4 Å². The van der Waals surface area contributed by atoms with Gasteiger partial charge >= 0.3 is 16.0 Å². The smallest absolute Gasteiger partial charge is 0.409 e. The van der Waals surface area contributed by atoms with Crippen molar-refractivity contribution in [3.05, 3.63) is 83.9 Å². The lowest BCUT2D eigenvalue weighted by molar-refractivity contribution is -0.137. The summed E-state index contributed by atoms with van der Waals surface area (Å²) in [6.45, 7) is 6.62. The van der Waals surface area contributed by atoms with E-state index in [2.05, 4.69) is 53.2 Å². The topological polar surface area (TPSA) is 105 Å². The molecule has 3 aromatic carbocycles. The molecule has 0 atom stereocenters. The largest absolute Gasteiger partial charge is 0.506 e. The summed E-state index contributed by atoms with van der Waals surface area (Å²) in [6, 6.07) is 20.5. The average Bonchev–Trinajstić information content (AvgIpc) is 3.38. The van der Waals surface area contributed by atoms with E-state index < -0.39 is 0 Å². The number of phenolic OH excluding ortho intramolecular Hbond substituents is 1. The monoisotopic (exact) mass is 589 g/mol. The molecule has 0 saturated heterocycles. The van der Waals surface area contributed by atoms with Gasteiger partial charge in [-0.15, -0.1) is 15.0 Å². The lowest BCUT2D eigenvalue weighted by atomic mass is 10.1. The van der Waals surface area contributed by atoms with Crippen LogP contribution in [0.25, 0.3) is 22.8 Å². The normalized spacial score (nSPS) is 10.6. The van der Waals surface area contributed by atoms with Crippen molar-refractivity contribution in [3.63, 3.8) is 0 Å². The number of rotatable bonds is 9. The minimum absolute atomic E-state index is 0.0247.